The molecule has 0 unspecified atom stereocenters. The maximum absolute atomic E-state index is 12.4. The van der Waals surface area contributed by atoms with Gasteiger partial charge in [-0.2, -0.15) is 0 Å². The van der Waals surface area contributed by atoms with Crippen molar-refractivity contribution in [1.29, 1.82) is 0 Å². The molecule has 0 aliphatic carbocycles. The number of fused-ring (bicyclic) bond motifs is 1. The maximum atomic E-state index is 12.4. The molecule has 30 heavy (non-hydrogen) atoms. The van der Waals surface area contributed by atoms with E-state index in [-0.39, 0.29) is 5.75 Å². The summed E-state index contributed by atoms with van der Waals surface area (Å²) in [4.78, 5) is 7.49. The normalized spacial score (nSPS) is 11.5. The number of aromatic amines is 1. The molecule has 154 valence electrons. The van der Waals surface area contributed by atoms with Crippen LogP contribution in [0.5, 0.6) is 17.2 Å². The number of nitrogens with zero attached hydrogens (tertiary/aromatic N) is 1. The Kier molecular flexibility index (Phi) is 5.22. The number of ether oxygens (including phenoxy) is 3. The molecule has 8 heteroatoms. The Labute approximate surface area is 170 Å². The van der Waals surface area contributed by atoms with Crippen molar-refractivity contribution in [3.05, 3.63) is 72.3 Å². The number of benzene rings is 3. The van der Waals surface area contributed by atoms with Gasteiger partial charge in [-0.1, -0.05) is 30.3 Å². The van der Waals surface area contributed by atoms with Gasteiger partial charge in [0.25, 0.3) is 0 Å². The Morgan fingerprint density at radius 1 is 0.933 bits per heavy atom. The van der Waals surface area contributed by atoms with Gasteiger partial charge in [-0.05, 0) is 35.9 Å². The molecule has 0 amide bonds. The fourth-order valence-electron chi connectivity index (χ4n) is 2.99. The van der Waals surface area contributed by atoms with E-state index in [1.54, 1.807) is 25.3 Å². The first-order valence-electron chi connectivity index (χ1n) is 9.02. The smallest absolute Gasteiger partial charge is 0.493 e. The molecule has 4 aromatic rings. The lowest BCUT2D eigenvalue weighted by Crippen LogP contribution is -2.16. The summed E-state index contributed by atoms with van der Waals surface area (Å²) in [7, 11) is 1.55. The Morgan fingerprint density at radius 2 is 1.73 bits per heavy atom. The zero-order chi connectivity index (χ0) is 21.1. The quantitative estimate of drug-likeness (QED) is 0.439. The van der Waals surface area contributed by atoms with E-state index >= 15 is 0 Å². The average molecular weight is 414 g/mol. The fourth-order valence-corrected chi connectivity index (χ4v) is 2.99. The number of H-pyrrole nitrogens is 1. The van der Waals surface area contributed by atoms with Crippen LogP contribution in [-0.2, 0) is 6.61 Å². The number of aromatic nitrogens is 2. The molecule has 1 N–H and O–H groups in total. The van der Waals surface area contributed by atoms with E-state index in [0.717, 1.165) is 5.56 Å². The minimum absolute atomic E-state index is 0.324. The summed E-state index contributed by atoms with van der Waals surface area (Å²) in [5.41, 5.74) is 2.65. The molecule has 0 saturated heterocycles. The van der Waals surface area contributed by atoms with Crippen molar-refractivity contribution in [2.24, 2.45) is 0 Å². The van der Waals surface area contributed by atoms with Crippen molar-refractivity contribution in [3.63, 3.8) is 0 Å². The van der Waals surface area contributed by atoms with Crippen LogP contribution in [-0.4, -0.2) is 23.4 Å². The number of imidazole rings is 1. The summed E-state index contributed by atoms with van der Waals surface area (Å²) >= 11 is 0. The van der Waals surface area contributed by atoms with Gasteiger partial charge in [0.15, 0.2) is 11.5 Å². The van der Waals surface area contributed by atoms with Crippen LogP contribution in [0.2, 0.25) is 0 Å². The monoisotopic (exact) mass is 414 g/mol. The minimum atomic E-state index is -4.76. The molecule has 0 fully saturated rings. The van der Waals surface area contributed by atoms with Crippen molar-refractivity contribution < 1.29 is 27.4 Å². The maximum Gasteiger partial charge on any atom is 0.573 e. The Morgan fingerprint density at radius 3 is 2.47 bits per heavy atom. The van der Waals surface area contributed by atoms with E-state index in [1.807, 2.05) is 30.3 Å². The first-order chi connectivity index (χ1) is 14.4. The summed E-state index contributed by atoms with van der Waals surface area (Å²) < 4.78 is 52.6. The summed E-state index contributed by atoms with van der Waals surface area (Å²) in [6, 6.07) is 19.0. The Bertz CT molecular complexity index is 1160. The molecule has 1 heterocycles. The van der Waals surface area contributed by atoms with Gasteiger partial charge in [-0.3, -0.25) is 0 Å². The average Bonchev–Trinajstić information content (AvgIpc) is 3.15. The van der Waals surface area contributed by atoms with Crippen LogP contribution in [0.4, 0.5) is 13.2 Å². The Hall–Kier alpha value is -3.68. The van der Waals surface area contributed by atoms with Crippen LogP contribution >= 0.6 is 0 Å². The molecular formula is C22H17F3N2O3. The van der Waals surface area contributed by atoms with Crippen molar-refractivity contribution >= 4 is 11.0 Å². The molecule has 0 spiro atoms. The number of rotatable bonds is 6. The highest BCUT2D eigenvalue weighted by atomic mass is 19.4. The lowest BCUT2D eigenvalue weighted by molar-refractivity contribution is -0.274. The van der Waals surface area contributed by atoms with Gasteiger partial charge < -0.3 is 19.2 Å². The molecule has 4 rings (SSSR count). The third-order valence-corrected chi connectivity index (χ3v) is 4.36. The van der Waals surface area contributed by atoms with Crippen molar-refractivity contribution in [1.82, 2.24) is 9.97 Å². The second-order valence-electron chi connectivity index (χ2n) is 6.45. The van der Waals surface area contributed by atoms with Gasteiger partial charge in [0.1, 0.15) is 18.2 Å². The summed E-state index contributed by atoms with van der Waals surface area (Å²) in [5.74, 6) is 1.25. The van der Waals surface area contributed by atoms with Gasteiger partial charge in [0.2, 0.25) is 0 Å². The summed E-state index contributed by atoms with van der Waals surface area (Å²) in [6.45, 7) is 0.360. The molecule has 0 atom stereocenters. The van der Waals surface area contributed by atoms with Gasteiger partial charge in [-0.15, -0.1) is 13.2 Å². The number of nitrogens with one attached hydrogen (secondary N) is 1. The molecule has 0 saturated carbocycles. The van der Waals surface area contributed by atoms with Gasteiger partial charge in [0, 0.05) is 11.6 Å². The third kappa shape index (κ3) is 4.48. The van der Waals surface area contributed by atoms with E-state index < -0.39 is 6.36 Å². The Balaban J connectivity index is 1.62. The zero-order valence-electron chi connectivity index (χ0n) is 15.9. The van der Waals surface area contributed by atoms with Crippen LogP contribution in [0.15, 0.2) is 66.7 Å². The standard InChI is InChI=1S/C22H17F3N2O3/c1-28-19-10-7-15(11-20(19)29-13-14-5-3-2-4-6-14)21-26-17-9-8-16(12-18(17)27-21)30-22(23,24)25/h2-12H,13H2,1H3,(H,26,27). The van der Waals surface area contributed by atoms with Gasteiger partial charge >= 0.3 is 6.36 Å². The van der Waals surface area contributed by atoms with Crippen LogP contribution in [0.1, 0.15) is 5.56 Å². The third-order valence-electron chi connectivity index (χ3n) is 4.36. The highest BCUT2D eigenvalue weighted by Crippen LogP contribution is 2.33. The van der Waals surface area contributed by atoms with E-state index in [9.17, 15) is 13.2 Å². The molecule has 0 aliphatic heterocycles. The second kappa shape index (κ2) is 7.98. The summed E-state index contributed by atoms with van der Waals surface area (Å²) in [6.07, 6.45) is -4.76. The predicted molar refractivity (Wildman–Crippen MR) is 106 cm³/mol. The van der Waals surface area contributed by atoms with E-state index in [1.165, 1.54) is 18.2 Å². The highest BCUT2D eigenvalue weighted by molar-refractivity contribution is 5.81. The topological polar surface area (TPSA) is 56.4 Å². The van der Waals surface area contributed by atoms with Crippen molar-refractivity contribution in [3.8, 4) is 28.6 Å². The molecular weight excluding hydrogens is 397 g/mol. The van der Waals surface area contributed by atoms with Crippen molar-refractivity contribution in [2.45, 2.75) is 13.0 Å². The van der Waals surface area contributed by atoms with Crippen molar-refractivity contribution in [2.75, 3.05) is 7.11 Å². The van der Waals surface area contributed by atoms with Crippen LogP contribution in [0, 0.1) is 0 Å². The molecule has 0 bridgehead atoms. The number of methoxy groups -OCH3 is 1. The number of alkyl halides is 3. The zero-order valence-corrected chi connectivity index (χ0v) is 15.9. The SMILES string of the molecule is COc1ccc(-c2nc3cc(OC(F)(F)F)ccc3[nH]2)cc1OCc1ccccc1. The number of halogens is 3. The first-order valence-corrected chi connectivity index (χ1v) is 9.02. The molecule has 3 aromatic carbocycles. The fraction of sp³-hybridized carbons (Fsp3) is 0.136. The first kappa shape index (κ1) is 19.6. The summed E-state index contributed by atoms with van der Waals surface area (Å²) in [5, 5.41) is 0. The van der Waals surface area contributed by atoms with Crippen LogP contribution in [0.25, 0.3) is 22.4 Å². The molecule has 0 aliphatic rings. The van der Waals surface area contributed by atoms with Crippen LogP contribution in [0.3, 0.4) is 0 Å². The predicted octanol–water partition coefficient (Wildman–Crippen LogP) is 5.72. The molecule has 5 nitrogen and oxygen atoms in total. The van der Waals surface area contributed by atoms with E-state index in [0.29, 0.717) is 40.5 Å². The lowest BCUT2D eigenvalue weighted by atomic mass is 10.2. The lowest BCUT2D eigenvalue weighted by Gasteiger charge is -2.12. The van der Waals surface area contributed by atoms with E-state index in [4.69, 9.17) is 9.47 Å². The number of hydrogen-bond acceptors (Lipinski definition) is 4. The highest BCUT2D eigenvalue weighted by Gasteiger charge is 2.31. The van der Waals surface area contributed by atoms with Crippen LogP contribution < -0.4 is 14.2 Å². The van der Waals surface area contributed by atoms with E-state index in [2.05, 4.69) is 14.7 Å². The molecule has 0 radical (unpaired) electrons. The number of hydrogen-bond donors (Lipinski definition) is 1. The largest absolute Gasteiger partial charge is 0.573 e. The molecule has 1 aromatic heterocycles. The minimum Gasteiger partial charge on any atom is -0.493 e. The van der Waals surface area contributed by atoms with Gasteiger partial charge in [-0.25, -0.2) is 4.98 Å². The van der Waals surface area contributed by atoms with Gasteiger partial charge in [0.05, 0.1) is 18.1 Å². The second-order valence-corrected chi connectivity index (χ2v) is 6.45.